The smallest absolute Gasteiger partial charge is 0.252 e. The number of anilines is 6. The number of rotatable bonds is 1. The first-order valence-electron chi connectivity index (χ1n) is 15.5. The molecule has 45 heavy (non-hydrogen) atoms. The molecule has 6 aromatic rings. The fraction of sp³-hybridized carbons (Fsp3) is 0.0750. The molecule has 0 saturated carbocycles. The monoisotopic (exact) mass is 575 g/mol. The van der Waals surface area contributed by atoms with Gasteiger partial charge in [0.15, 0.2) is 11.5 Å². The highest BCUT2D eigenvalue weighted by molar-refractivity contribution is 7.00. The van der Waals surface area contributed by atoms with Crippen molar-refractivity contribution < 1.29 is 4.74 Å². The summed E-state index contributed by atoms with van der Waals surface area (Å²) in [5.74, 6) is 1.71. The topological polar surface area (TPSA) is 39.5 Å². The third-order valence-corrected chi connectivity index (χ3v) is 10.2. The average molecular weight is 575 g/mol. The molecule has 0 aromatic heterocycles. The Hall–Kier alpha value is -5.73. The van der Waals surface area contributed by atoms with Gasteiger partial charge in [0.1, 0.15) is 0 Å². The summed E-state index contributed by atoms with van der Waals surface area (Å²) in [5, 5.41) is 9.79. The van der Waals surface area contributed by atoms with Crippen molar-refractivity contribution in [3.63, 3.8) is 0 Å². The minimum Gasteiger partial charge on any atom is -0.453 e. The molecule has 0 amide bonds. The molecule has 0 N–H and O–H groups in total. The van der Waals surface area contributed by atoms with Crippen molar-refractivity contribution in [1.29, 1.82) is 5.26 Å². The molecule has 6 aromatic carbocycles. The van der Waals surface area contributed by atoms with Gasteiger partial charge in [0, 0.05) is 22.5 Å². The second-order valence-corrected chi connectivity index (χ2v) is 12.9. The lowest BCUT2D eigenvalue weighted by molar-refractivity contribution is 0.477. The van der Waals surface area contributed by atoms with E-state index in [1.165, 1.54) is 44.6 Å². The molecule has 0 bridgehead atoms. The second kappa shape index (κ2) is 8.46. The Labute approximate surface area is 262 Å². The highest BCUT2D eigenvalue weighted by Gasteiger charge is 2.49. The first kappa shape index (κ1) is 24.7. The zero-order chi connectivity index (χ0) is 30.0. The van der Waals surface area contributed by atoms with Crippen LogP contribution in [0.5, 0.6) is 11.5 Å². The van der Waals surface area contributed by atoms with Crippen LogP contribution >= 0.6 is 0 Å². The molecule has 4 nitrogen and oxygen atoms in total. The van der Waals surface area contributed by atoms with E-state index in [2.05, 4.69) is 121 Å². The molecular weight excluding hydrogens is 549 g/mol. The van der Waals surface area contributed by atoms with Gasteiger partial charge in [0.25, 0.3) is 6.71 Å². The number of benzene rings is 6. The lowest BCUT2D eigenvalue weighted by Gasteiger charge is -2.50. The Kier molecular flexibility index (Phi) is 4.64. The van der Waals surface area contributed by atoms with E-state index in [1.807, 2.05) is 30.3 Å². The number of ether oxygens (including phenoxy) is 1. The minimum atomic E-state index is -0.170. The van der Waals surface area contributed by atoms with Gasteiger partial charge in [-0.05, 0) is 87.2 Å². The van der Waals surface area contributed by atoms with Gasteiger partial charge in [-0.3, -0.25) is 0 Å². The van der Waals surface area contributed by atoms with Gasteiger partial charge < -0.3 is 14.5 Å². The maximum atomic E-state index is 9.79. The molecule has 0 atom stereocenters. The van der Waals surface area contributed by atoms with Crippen LogP contribution in [0.3, 0.4) is 0 Å². The Bertz CT molecular complexity index is 2330. The van der Waals surface area contributed by atoms with Crippen LogP contribution in [0, 0.1) is 11.3 Å². The van der Waals surface area contributed by atoms with Gasteiger partial charge in [-0.25, -0.2) is 0 Å². The summed E-state index contributed by atoms with van der Waals surface area (Å²) < 4.78 is 6.58. The van der Waals surface area contributed by atoms with Crippen LogP contribution in [0.1, 0.15) is 30.5 Å². The quantitative estimate of drug-likeness (QED) is 0.186. The van der Waals surface area contributed by atoms with E-state index < -0.39 is 0 Å². The first-order valence-corrected chi connectivity index (χ1v) is 15.5. The average Bonchev–Trinajstić information content (AvgIpc) is 3.08. The van der Waals surface area contributed by atoms with E-state index in [9.17, 15) is 5.26 Å². The molecule has 0 aliphatic carbocycles. The van der Waals surface area contributed by atoms with Crippen molar-refractivity contribution in [2.24, 2.45) is 0 Å². The van der Waals surface area contributed by atoms with Crippen LogP contribution in [0.25, 0.3) is 11.1 Å². The normalized spacial score (nSPS) is 15.1. The molecule has 10 rings (SSSR count). The summed E-state index contributed by atoms with van der Waals surface area (Å²) >= 11 is 0. The molecule has 0 saturated heterocycles. The second-order valence-electron chi connectivity index (χ2n) is 12.9. The number of nitrogens with zero attached hydrogens (tertiary/aromatic N) is 3. The summed E-state index contributed by atoms with van der Waals surface area (Å²) in [4.78, 5) is 4.92. The predicted octanol–water partition coefficient (Wildman–Crippen LogP) is 8.05. The summed E-state index contributed by atoms with van der Waals surface area (Å²) in [6.45, 7) is 4.73. The van der Waals surface area contributed by atoms with Crippen LogP contribution in [0.2, 0.25) is 0 Å². The third kappa shape index (κ3) is 3.06. The van der Waals surface area contributed by atoms with Crippen molar-refractivity contribution >= 4 is 57.2 Å². The first-order chi connectivity index (χ1) is 22.0. The van der Waals surface area contributed by atoms with Crippen molar-refractivity contribution in [3.8, 4) is 28.7 Å². The van der Waals surface area contributed by atoms with E-state index in [4.69, 9.17) is 4.74 Å². The number of nitriles is 1. The number of fused-ring (bicyclic) bond motifs is 8. The molecule has 0 unspecified atom stereocenters. The fourth-order valence-electron chi connectivity index (χ4n) is 8.27. The molecule has 4 aliphatic heterocycles. The van der Waals surface area contributed by atoms with Crippen molar-refractivity contribution in [2.45, 2.75) is 19.3 Å². The molecular formula is C40H26BN3O. The molecule has 0 spiro atoms. The zero-order valence-electron chi connectivity index (χ0n) is 24.9. The summed E-state index contributed by atoms with van der Waals surface area (Å²) in [6.07, 6.45) is 0. The van der Waals surface area contributed by atoms with Crippen molar-refractivity contribution in [2.75, 3.05) is 9.80 Å². The van der Waals surface area contributed by atoms with Crippen LogP contribution in [-0.4, -0.2) is 6.71 Å². The molecule has 4 heterocycles. The van der Waals surface area contributed by atoms with Crippen LogP contribution in [0.4, 0.5) is 34.1 Å². The van der Waals surface area contributed by atoms with Gasteiger partial charge in [-0.15, -0.1) is 0 Å². The minimum absolute atomic E-state index is 0.0295. The van der Waals surface area contributed by atoms with E-state index in [1.54, 1.807) is 0 Å². The largest absolute Gasteiger partial charge is 0.453 e. The Morgan fingerprint density at radius 2 is 1.24 bits per heavy atom. The molecule has 0 fully saturated rings. The van der Waals surface area contributed by atoms with Gasteiger partial charge in [-0.1, -0.05) is 86.6 Å². The van der Waals surface area contributed by atoms with Gasteiger partial charge >= 0.3 is 0 Å². The Balaban J connectivity index is 1.38. The molecule has 5 heteroatoms. The number of para-hydroxylation sites is 5. The van der Waals surface area contributed by atoms with Crippen LogP contribution in [-0.2, 0) is 5.41 Å². The maximum absolute atomic E-state index is 9.79. The van der Waals surface area contributed by atoms with Gasteiger partial charge in [0.2, 0.25) is 0 Å². The Morgan fingerprint density at radius 3 is 2.07 bits per heavy atom. The van der Waals surface area contributed by atoms with Crippen molar-refractivity contribution in [1.82, 2.24) is 0 Å². The third-order valence-electron chi connectivity index (χ3n) is 10.2. The van der Waals surface area contributed by atoms with E-state index in [0.29, 0.717) is 5.56 Å². The highest BCUT2D eigenvalue weighted by atomic mass is 16.5. The lowest BCUT2D eigenvalue weighted by Crippen LogP contribution is -2.62. The van der Waals surface area contributed by atoms with Crippen molar-refractivity contribution in [3.05, 3.63) is 138 Å². The lowest BCUT2D eigenvalue weighted by atomic mass is 9.33. The molecule has 0 radical (unpaired) electrons. The van der Waals surface area contributed by atoms with E-state index in [-0.39, 0.29) is 12.1 Å². The highest BCUT2D eigenvalue weighted by Crippen LogP contribution is 2.56. The summed E-state index contributed by atoms with van der Waals surface area (Å²) in [6, 6.07) is 45.5. The zero-order valence-corrected chi connectivity index (χ0v) is 24.9. The Morgan fingerprint density at radius 1 is 0.600 bits per heavy atom. The fourth-order valence-corrected chi connectivity index (χ4v) is 8.27. The van der Waals surface area contributed by atoms with Crippen LogP contribution in [0.15, 0.2) is 121 Å². The SMILES string of the molecule is CC1(C)c2ccccc2N2c3cc(-c4cccc(C#N)c4)cc4c3B(c3cccc5c3N4c3ccccc3O5)c3cccc1c32. The predicted molar refractivity (Wildman–Crippen MR) is 183 cm³/mol. The number of hydrogen-bond acceptors (Lipinski definition) is 4. The van der Waals surface area contributed by atoms with Crippen LogP contribution < -0.4 is 30.9 Å². The van der Waals surface area contributed by atoms with E-state index >= 15 is 0 Å². The number of hydrogen-bond donors (Lipinski definition) is 0. The standard InChI is InChI=1S/C40H26BN3O/c1-40(2)27-12-3-4-16-31(27)43-33-21-26(25-11-7-10-24(20-25)23-42)22-34-37(33)41(29-14-8-13-28(40)38(29)43)30-15-9-19-36-39(30)44(34)32-17-5-6-18-35(32)45-36/h3-22H,1-2H3. The van der Waals surface area contributed by atoms with Gasteiger partial charge in [0.05, 0.1) is 28.7 Å². The van der Waals surface area contributed by atoms with E-state index in [0.717, 1.165) is 39.7 Å². The van der Waals surface area contributed by atoms with Gasteiger partial charge in [-0.2, -0.15) is 5.26 Å². The summed E-state index contributed by atoms with van der Waals surface area (Å²) in [7, 11) is 0. The maximum Gasteiger partial charge on any atom is 0.252 e. The molecule has 4 aliphatic rings. The summed E-state index contributed by atoms with van der Waals surface area (Å²) in [5.41, 5.74) is 16.0. The molecule has 210 valence electrons.